The quantitative estimate of drug-likeness (QED) is 0.382. The van der Waals surface area contributed by atoms with Crippen LogP contribution < -0.4 is 4.74 Å². The third-order valence-electron chi connectivity index (χ3n) is 5.74. The number of aliphatic carboxylic acids is 1. The Hall–Kier alpha value is -2.86. The lowest BCUT2D eigenvalue weighted by atomic mass is 10.0. The van der Waals surface area contributed by atoms with Crippen molar-refractivity contribution in [2.45, 2.75) is 6.42 Å². The second kappa shape index (κ2) is 11.9. The maximum atomic E-state index is 13.8. The zero-order valence-electron chi connectivity index (χ0n) is 19.2. The van der Waals surface area contributed by atoms with Gasteiger partial charge in [-0.05, 0) is 41.5 Å². The highest BCUT2D eigenvalue weighted by Crippen LogP contribution is 2.36. The van der Waals surface area contributed by atoms with Crippen LogP contribution in [0, 0.1) is 11.6 Å². The minimum absolute atomic E-state index is 0.0187. The van der Waals surface area contributed by atoms with Gasteiger partial charge in [-0.1, -0.05) is 36.1 Å². The van der Waals surface area contributed by atoms with Gasteiger partial charge in [0.05, 0.1) is 24.5 Å². The molecule has 0 unspecified atom stereocenters. The number of hydrogen-bond donors (Lipinski definition) is 1. The van der Waals surface area contributed by atoms with E-state index in [0.717, 1.165) is 37.0 Å². The van der Waals surface area contributed by atoms with Crippen molar-refractivity contribution in [3.8, 4) is 16.9 Å². The maximum Gasteiger partial charge on any atom is 0.305 e. The monoisotopic (exact) mass is 534 g/mol. The predicted octanol–water partition coefficient (Wildman–Crippen LogP) is 4.02. The van der Waals surface area contributed by atoms with Crippen molar-refractivity contribution in [2.75, 3.05) is 46.0 Å². The number of benzene rings is 2. The van der Waals surface area contributed by atoms with E-state index in [0.29, 0.717) is 53.7 Å². The van der Waals surface area contributed by atoms with Gasteiger partial charge in [0.25, 0.3) is 5.91 Å². The number of carbonyl (C=O) groups is 2. The van der Waals surface area contributed by atoms with E-state index in [4.69, 9.17) is 26.8 Å². The molecular formula is C25H24F2N2O5S2. The Kier molecular flexibility index (Phi) is 8.68. The van der Waals surface area contributed by atoms with Crippen LogP contribution in [0.15, 0.2) is 41.3 Å². The highest BCUT2D eigenvalue weighted by molar-refractivity contribution is 8.26. The molecule has 1 amide bonds. The number of carboxylic acids is 1. The molecule has 0 bridgehead atoms. The van der Waals surface area contributed by atoms with Crippen LogP contribution in [0.2, 0.25) is 0 Å². The van der Waals surface area contributed by atoms with Crippen LogP contribution in [0.25, 0.3) is 17.2 Å². The number of rotatable bonds is 9. The van der Waals surface area contributed by atoms with Crippen molar-refractivity contribution < 1.29 is 33.0 Å². The first-order valence-electron chi connectivity index (χ1n) is 11.3. The molecule has 2 aliphatic rings. The van der Waals surface area contributed by atoms with Crippen LogP contribution in [-0.2, 0) is 14.3 Å². The van der Waals surface area contributed by atoms with Crippen LogP contribution in [0.3, 0.4) is 0 Å². The Labute approximate surface area is 216 Å². The maximum absolute atomic E-state index is 13.8. The summed E-state index contributed by atoms with van der Waals surface area (Å²) in [7, 11) is 0. The van der Waals surface area contributed by atoms with Crippen LogP contribution in [0.1, 0.15) is 12.0 Å². The van der Waals surface area contributed by atoms with Gasteiger partial charge in [-0.25, -0.2) is 8.78 Å². The van der Waals surface area contributed by atoms with Crippen LogP contribution in [0.5, 0.6) is 5.75 Å². The lowest BCUT2D eigenvalue weighted by Crippen LogP contribution is -2.38. The number of amides is 1. The fourth-order valence-corrected chi connectivity index (χ4v) is 5.10. The molecule has 0 aliphatic carbocycles. The number of carbonyl (C=O) groups excluding carboxylic acids is 1. The minimum atomic E-state index is -1.02. The topological polar surface area (TPSA) is 79.3 Å². The van der Waals surface area contributed by atoms with Crippen molar-refractivity contribution in [3.63, 3.8) is 0 Å². The zero-order chi connectivity index (χ0) is 25.7. The molecule has 2 aromatic rings. The van der Waals surface area contributed by atoms with Gasteiger partial charge in [-0.3, -0.25) is 19.4 Å². The number of ether oxygens (including phenoxy) is 2. The Bertz CT molecular complexity index is 1200. The van der Waals surface area contributed by atoms with Crippen molar-refractivity contribution in [1.82, 2.24) is 9.80 Å². The summed E-state index contributed by atoms with van der Waals surface area (Å²) >= 11 is 6.36. The molecule has 190 valence electrons. The summed E-state index contributed by atoms with van der Waals surface area (Å²) in [5, 5.41) is 8.96. The summed E-state index contributed by atoms with van der Waals surface area (Å²) in [6, 6.07) is 8.85. The van der Waals surface area contributed by atoms with Crippen LogP contribution in [0.4, 0.5) is 8.78 Å². The van der Waals surface area contributed by atoms with Crippen LogP contribution >= 0.6 is 24.0 Å². The van der Waals surface area contributed by atoms with Crippen molar-refractivity contribution in [1.29, 1.82) is 0 Å². The van der Waals surface area contributed by atoms with E-state index < -0.39 is 17.6 Å². The van der Waals surface area contributed by atoms with Gasteiger partial charge in [0.1, 0.15) is 16.7 Å². The third kappa shape index (κ3) is 6.47. The SMILES string of the molecule is O=C(O)CCN1C(=O)C(=Cc2cc(-c3ccc(F)c(F)c3)ccc2OCCN2CCOCC2)SC1=S. The van der Waals surface area contributed by atoms with Gasteiger partial charge < -0.3 is 14.6 Å². The number of thiocarbonyl (C=S) groups is 1. The van der Waals surface area contributed by atoms with E-state index in [-0.39, 0.29) is 23.2 Å². The predicted molar refractivity (Wildman–Crippen MR) is 137 cm³/mol. The van der Waals surface area contributed by atoms with E-state index in [1.165, 1.54) is 11.0 Å². The summed E-state index contributed by atoms with van der Waals surface area (Å²) in [6.07, 6.45) is 1.41. The van der Waals surface area contributed by atoms with Gasteiger partial charge in [-0.2, -0.15) is 0 Å². The number of thioether (sulfide) groups is 1. The van der Waals surface area contributed by atoms with Gasteiger partial charge in [0, 0.05) is 31.7 Å². The Morgan fingerprint density at radius 1 is 1.11 bits per heavy atom. The van der Waals surface area contributed by atoms with E-state index in [2.05, 4.69) is 4.90 Å². The molecule has 0 radical (unpaired) electrons. The molecule has 7 nitrogen and oxygen atoms in total. The molecular weight excluding hydrogens is 510 g/mol. The first-order valence-corrected chi connectivity index (χ1v) is 12.5. The van der Waals surface area contributed by atoms with Gasteiger partial charge in [0.2, 0.25) is 0 Å². The first-order chi connectivity index (χ1) is 17.3. The Morgan fingerprint density at radius 2 is 1.83 bits per heavy atom. The zero-order valence-corrected chi connectivity index (χ0v) is 20.9. The summed E-state index contributed by atoms with van der Waals surface area (Å²) in [5.74, 6) is -2.79. The highest BCUT2D eigenvalue weighted by atomic mass is 32.2. The second-order valence-corrected chi connectivity index (χ2v) is 9.84. The van der Waals surface area contributed by atoms with E-state index in [1.54, 1.807) is 24.3 Å². The molecule has 0 saturated carbocycles. The molecule has 2 aliphatic heterocycles. The largest absolute Gasteiger partial charge is 0.492 e. The molecule has 0 atom stereocenters. The average Bonchev–Trinajstić information content (AvgIpc) is 3.12. The average molecular weight is 535 g/mol. The standard InChI is InChI=1S/C25H24F2N2O5S2/c26-19-3-1-17(14-20(19)27)16-2-4-21(34-12-9-28-7-10-33-11-8-28)18(13-16)15-22-24(32)29(25(35)36-22)6-5-23(30)31/h1-4,13-15H,5-12H2,(H,30,31). The fraction of sp³-hybridized carbons (Fsp3) is 0.320. The summed E-state index contributed by atoms with van der Waals surface area (Å²) in [4.78, 5) is 27.7. The number of halogens is 2. The molecule has 0 spiro atoms. The van der Waals surface area contributed by atoms with Crippen molar-refractivity contribution in [2.24, 2.45) is 0 Å². The molecule has 2 saturated heterocycles. The van der Waals surface area contributed by atoms with Gasteiger partial charge >= 0.3 is 5.97 Å². The van der Waals surface area contributed by atoms with Gasteiger partial charge in [0.15, 0.2) is 11.6 Å². The molecule has 36 heavy (non-hydrogen) atoms. The molecule has 11 heteroatoms. The van der Waals surface area contributed by atoms with Crippen molar-refractivity contribution >= 4 is 46.3 Å². The Morgan fingerprint density at radius 3 is 2.56 bits per heavy atom. The lowest BCUT2D eigenvalue weighted by molar-refractivity contribution is -0.137. The molecule has 0 aromatic heterocycles. The number of nitrogens with zero attached hydrogens (tertiary/aromatic N) is 2. The molecule has 2 fully saturated rings. The number of carboxylic acid groups (broad SMARTS) is 1. The minimum Gasteiger partial charge on any atom is -0.492 e. The highest BCUT2D eigenvalue weighted by Gasteiger charge is 2.32. The second-order valence-electron chi connectivity index (χ2n) is 8.16. The summed E-state index contributed by atoms with van der Waals surface area (Å²) in [6.45, 7) is 4.09. The third-order valence-corrected chi connectivity index (χ3v) is 7.12. The van der Waals surface area contributed by atoms with Gasteiger partial charge in [-0.15, -0.1) is 0 Å². The molecule has 1 N–H and O–H groups in total. The normalized spacial score (nSPS) is 17.7. The Balaban J connectivity index is 1.60. The summed E-state index contributed by atoms with van der Waals surface area (Å²) < 4.78 is 39.0. The molecule has 2 heterocycles. The van der Waals surface area contributed by atoms with E-state index in [1.807, 2.05) is 0 Å². The molecule has 2 aromatic carbocycles. The van der Waals surface area contributed by atoms with Crippen molar-refractivity contribution in [3.05, 3.63) is 58.5 Å². The van der Waals surface area contributed by atoms with Crippen LogP contribution in [-0.4, -0.2) is 77.1 Å². The van der Waals surface area contributed by atoms with E-state index >= 15 is 0 Å². The van der Waals surface area contributed by atoms with E-state index in [9.17, 15) is 18.4 Å². The fourth-order valence-electron chi connectivity index (χ4n) is 3.80. The molecule has 4 rings (SSSR count). The first kappa shape index (κ1) is 26.2. The number of hydrogen-bond acceptors (Lipinski definition) is 7. The lowest BCUT2D eigenvalue weighted by Gasteiger charge is -2.26. The number of morpholine rings is 1. The summed E-state index contributed by atoms with van der Waals surface area (Å²) in [5.41, 5.74) is 1.65. The smallest absolute Gasteiger partial charge is 0.305 e.